The number of nitrogens with zero attached hydrogens (tertiary/aromatic N) is 5. The van der Waals surface area contributed by atoms with Crippen molar-refractivity contribution in [1.29, 1.82) is 0 Å². The Hall–Kier alpha value is -3.36. The average molecular weight is 429 g/mol. The third-order valence-corrected chi connectivity index (χ3v) is 4.89. The SMILES string of the molecule is CCN(C(=O)c1ccncc1-c1ccn(C)n1)[C@@H](C)COc1ccc(C(C)(F)F)cn1. The van der Waals surface area contributed by atoms with Gasteiger partial charge in [0.25, 0.3) is 11.8 Å². The highest BCUT2D eigenvalue weighted by molar-refractivity contribution is 6.00. The second-order valence-corrected chi connectivity index (χ2v) is 7.32. The molecule has 0 aliphatic rings. The number of hydrogen-bond donors (Lipinski definition) is 0. The molecule has 164 valence electrons. The molecule has 0 aromatic carbocycles. The molecule has 0 saturated heterocycles. The number of carbonyl (C=O) groups excluding carboxylic acids is 1. The van der Waals surface area contributed by atoms with E-state index in [4.69, 9.17) is 4.74 Å². The van der Waals surface area contributed by atoms with Crippen LogP contribution in [0, 0.1) is 0 Å². The molecule has 9 heteroatoms. The van der Waals surface area contributed by atoms with Crippen LogP contribution in [0.4, 0.5) is 8.78 Å². The van der Waals surface area contributed by atoms with Crippen LogP contribution >= 0.6 is 0 Å². The summed E-state index contributed by atoms with van der Waals surface area (Å²) >= 11 is 0. The van der Waals surface area contributed by atoms with Crippen molar-refractivity contribution in [3.8, 4) is 17.1 Å². The minimum Gasteiger partial charge on any atom is -0.475 e. The number of amides is 1. The standard InChI is InChI=1S/C22H25F2N5O2/c1-5-29(15(2)14-31-20-7-6-16(12-26-20)22(3,23)24)21(30)17-8-10-25-13-18(17)19-9-11-28(4)27-19/h6-13,15H,5,14H2,1-4H3/t15-/m0/s1. The summed E-state index contributed by atoms with van der Waals surface area (Å²) in [6, 6.07) is 5.90. The zero-order valence-electron chi connectivity index (χ0n) is 17.9. The fourth-order valence-electron chi connectivity index (χ4n) is 3.18. The Balaban J connectivity index is 1.72. The minimum absolute atomic E-state index is 0.165. The van der Waals surface area contributed by atoms with E-state index in [1.165, 1.54) is 12.1 Å². The van der Waals surface area contributed by atoms with E-state index in [1.54, 1.807) is 41.3 Å². The predicted molar refractivity (Wildman–Crippen MR) is 112 cm³/mol. The second kappa shape index (κ2) is 9.20. The zero-order valence-corrected chi connectivity index (χ0v) is 17.9. The van der Waals surface area contributed by atoms with Gasteiger partial charge in [-0.15, -0.1) is 0 Å². The molecule has 3 rings (SSSR count). The van der Waals surface area contributed by atoms with Gasteiger partial charge in [0.15, 0.2) is 0 Å². The first kappa shape index (κ1) is 22.3. The molecule has 1 atom stereocenters. The number of hydrogen-bond acceptors (Lipinski definition) is 5. The quantitative estimate of drug-likeness (QED) is 0.543. The van der Waals surface area contributed by atoms with Gasteiger partial charge in [-0.25, -0.2) is 13.8 Å². The van der Waals surface area contributed by atoms with E-state index in [-0.39, 0.29) is 30.0 Å². The largest absolute Gasteiger partial charge is 0.475 e. The molecule has 7 nitrogen and oxygen atoms in total. The first-order chi connectivity index (χ1) is 14.7. The van der Waals surface area contributed by atoms with Crippen LogP contribution in [0.2, 0.25) is 0 Å². The Labute approximate surface area is 179 Å². The van der Waals surface area contributed by atoms with Crippen LogP contribution in [0.15, 0.2) is 49.1 Å². The summed E-state index contributed by atoms with van der Waals surface area (Å²) in [4.78, 5) is 23.0. The first-order valence-electron chi connectivity index (χ1n) is 9.92. The van der Waals surface area contributed by atoms with Gasteiger partial charge in [0.05, 0.1) is 17.3 Å². The molecule has 0 unspecified atom stereocenters. The maximum atomic E-state index is 13.3. The molecular formula is C22H25F2N5O2. The Morgan fingerprint density at radius 2 is 2.03 bits per heavy atom. The lowest BCUT2D eigenvalue weighted by Gasteiger charge is -2.28. The van der Waals surface area contributed by atoms with Crippen molar-refractivity contribution >= 4 is 5.91 Å². The van der Waals surface area contributed by atoms with Crippen LogP contribution in [-0.2, 0) is 13.0 Å². The summed E-state index contributed by atoms with van der Waals surface area (Å²) in [6.45, 7) is 5.18. The lowest BCUT2D eigenvalue weighted by Crippen LogP contribution is -2.42. The Morgan fingerprint density at radius 3 is 2.61 bits per heavy atom. The van der Waals surface area contributed by atoms with Crippen molar-refractivity contribution < 1.29 is 18.3 Å². The van der Waals surface area contributed by atoms with Gasteiger partial charge in [-0.05, 0) is 32.0 Å². The van der Waals surface area contributed by atoms with Crippen LogP contribution < -0.4 is 4.74 Å². The molecule has 3 aromatic heterocycles. The Bertz CT molecular complexity index is 1030. The van der Waals surface area contributed by atoms with Crippen molar-refractivity contribution in [3.05, 3.63) is 60.2 Å². The number of carbonyl (C=O) groups is 1. The highest BCUT2D eigenvalue weighted by Gasteiger charge is 2.26. The van der Waals surface area contributed by atoms with Crippen LogP contribution in [0.1, 0.15) is 36.7 Å². The molecule has 0 fully saturated rings. The van der Waals surface area contributed by atoms with Crippen molar-refractivity contribution in [1.82, 2.24) is 24.6 Å². The molecule has 1 amide bonds. The van der Waals surface area contributed by atoms with Gasteiger partial charge in [-0.2, -0.15) is 5.10 Å². The number of likely N-dealkylation sites (N-methyl/N-ethyl adjacent to an activating group) is 1. The Morgan fingerprint density at radius 1 is 1.26 bits per heavy atom. The maximum absolute atomic E-state index is 13.3. The van der Waals surface area contributed by atoms with Crippen LogP contribution in [-0.4, -0.2) is 49.7 Å². The summed E-state index contributed by atoms with van der Waals surface area (Å²) in [7, 11) is 1.81. The van der Waals surface area contributed by atoms with Crippen molar-refractivity contribution in [2.24, 2.45) is 7.05 Å². The molecule has 0 spiro atoms. The van der Waals surface area contributed by atoms with E-state index < -0.39 is 5.92 Å². The fraction of sp³-hybridized carbons (Fsp3) is 0.364. The minimum atomic E-state index is -2.96. The lowest BCUT2D eigenvalue weighted by molar-refractivity contribution is 0.0169. The highest BCUT2D eigenvalue weighted by Crippen LogP contribution is 2.27. The summed E-state index contributed by atoms with van der Waals surface area (Å²) < 4.78 is 34.0. The van der Waals surface area contributed by atoms with Gasteiger partial charge in [-0.1, -0.05) is 0 Å². The molecule has 0 aliphatic heterocycles. The number of rotatable bonds is 8. The number of aryl methyl sites for hydroxylation is 1. The molecule has 0 radical (unpaired) electrons. The Kier molecular flexibility index (Phi) is 6.62. The first-order valence-corrected chi connectivity index (χ1v) is 9.92. The van der Waals surface area contributed by atoms with Crippen molar-refractivity contribution in [2.75, 3.05) is 13.2 Å². The normalized spacial score (nSPS) is 12.5. The summed E-state index contributed by atoms with van der Waals surface area (Å²) in [5, 5.41) is 4.37. The predicted octanol–water partition coefficient (Wildman–Crippen LogP) is 3.92. The summed E-state index contributed by atoms with van der Waals surface area (Å²) in [6.07, 6.45) is 6.10. The summed E-state index contributed by atoms with van der Waals surface area (Å²) in [5.74, 6) is -2.91. The van der Waals surface area contributed by atoms with Crippen LogP contribution in [0.3, 0.4) is 0 Å². The fourth-order valence-corrected chi connectivity index (χ4v) is 3.18. The molecule has 0 aliphatic carbocycles. The molecule has 31 heavy (non-hydrogen) atoms. The number of aromatic nitrogens is 4. The molecule has 3 aromatic rings. The number of alkyl halides is 2. The lowest BCUT2D eigenvalue weighted by atomic mass is 10.1. The third kappa shape index (κ3) is 5.22. The van der Waals surface area contributed by atoms with Gasteiger partial charge in [-0.3, -0.25) is 14.5 Å². The number of ether oxygens (including phenoxy) is 1. The summed E-state index contributed by atoms with van der Waals surface area (Å²) in [5.41, 5.74) is 1.63. The van der Waals surface area contributed by atoms with Gasteiger partial charge in [0.1, 0.15) is 6.61 Å². The molecule has 0 saturated carbocycles. The molecule has 0 N–H and O–H groups in total. The van der Waals surface area contributed by atoms with Gasteiger partial charge in [0, 0.05) is 62.5 Å². The van der Waals surface area contributed by atoms with Crippen LogP contribution in [0.5, 0.6) is 5.88 Å². The van der Waals surface area contributed by atoms with Crippen LogP contribution in [0.25, 0.3) is 11.3 Å². The smallest absolute Gasteiger partial charge is 0.272 e. The van der Waals surface area contributed by atoms with E-state index in [0.717, 1.165) is 13.1 Å². The van der Waals surface area contributed by atoms with Crippen molar-refractivity contribution in [2.45, 2.75) is 32.7 Å². The topological polar surface area (TPSA) is 73.1 Å². The monoisotopic (exact) mass is 429 g/mol. The van der Waals surface area contributed by atoms with Crippen molar-refractivity contribution in [3.63, 3.8) is 0 Å². The number of halogens is 2. The van der Waals surface area contributed by atoms with E-state index in [1.807, 2.05) is 19.9 Å². The van der Waals surface area contributed by atoms with E-state index in [2.05, 4.69) is 15.1 Å². The van der Waals surface area contributed by atoms with Gasteiger partial charge >= 0.3 is 0 Å². The average Bonchev–Trinajstić information content (AvgIpc) is 3.18. The van der Waals surface area contributed by atoms with E-state index in [9.17, 15) is 13.6 Å². The third-order valence-electron chi connectivity index (χ3n) is 4.89. The molecular weight excluding hydrogens is 404 g/mol. The number of pyridine rings is 2. The molecule has 3 heterocycles. The second-order valence-electron chi connectivity index (χ2n) is 7.32. The van der Waals surface area contributed by atoms with Gasteiger partial charge in [0.2, 0.25) is 5.88 Å². The highest BCUT2D eigenvalue weighted by atomic mass is 19.3. The van der Waals surface area contributed by atoms with E-state index in [0.29, 0.717) is 23.4 Å². The zero-order chi connectivity index (χ0) is 22.6. The molecule has 0 bridgehead atoms. The maximum Gasteiger partial charge on any atom is 0.272 e. The van der Waals surface area contributed by atoms with Gasteiger partial charge < -0.3 is 9.64 Å². The van der Waals surface area contributed by atoms with E-state index >= 15 is 0 Å².